The van der Waals surface area contributed by atoms with Crippen LogP contribution in [0.25, 0.3) is 0 Å². The van der Waals surface area contributed by atoms with Crippen molar-refractivity contribution in [3.8, 4) is 5.75 Å². The first-order valence-corrected chi connectivity index (χ1v) is 5.72. The van der Waals surface area contributed by atoms with Crippen molar-refractivity contribution in [2.75, 3.05) is 6.61 Å². The van der Waals surface area contributed by atoms with E-state index in [-0.39, 0.29) is 24.2 Å². The number of hydrogen-bond donors (Lipinski definition) is 2. The van der Waals surface area contributed by atoms with Crippen molar-refractivity contribution in [2.24, 2.45) is 0 Å². The monoisotopic (exact) mass is 249 g/mol. The SMILES string of the molecule is CC(=O)C1(C=O)NC(Cc2cccc(O)c2)CO1. The molecule has 2 unspecified atom stereocenters. The van der Waals surface area contributed by atoms with Crippen LogP contribution in [0.4, 0.5) is 0 Å². The van der Waals surface area contributed by atoms with E-state index in [0.29, 0.717) is 12.7 Å². The summed E-state index contributed by atoms with van der Waals surface area (Å²) >= 11 is 0. The number of aromatic hydroxyl groups is 1. The van der Waals surface area contributed by atoms with E-state index in [2.05, 4.69) is 5.32 Å². The number of ketones is 1. The zero-order chi connectivity index (χ0) is 13.2. The van der Waals surface area contributed by atoms with E-state index >= 15 is 0 Å². The van der Waals surface area contributed by atoms with Gasteiger partial charge in [-0.3, -0.25) is 14.9 Å². The van der Waals surface area contributed by atoms with E-state index < -0.39 is 5.72 Å². The summed E-state index contributed by atoms with van der Waals surface area (Å²) in [5.41, 5.74) is -0.581. The largest absolute Gasteiger partial charge is 0.508 e. The van der Waals surface area contributed by atoms with Gasteiger partial charge in [0.1, 0.15) is 5.75 Å². The molecular formula is C13H15NO4. The number of rotatable bonds is 4. The highest BCUT2D eigenvalue weighted by molar-refractivity contribution is 5.99. The number of carbonyl (C=O) groups is 2. The van der Waals surface area contributed by atoms with Crippen molar-refractivity contribution < 1.29 is 19.4 Å². The number of nitrogens with one attached hydrogen (secondary N) is 1. The molecule has 5 heteroatoms. The molecule has 1 heterocycles. The summed E-state index contributed by atoms with van der Waals surface area (Å²) in [4.78, 5) is 22.4. The Bertz CT molecular complexity index is 474. The number of Topliss-reactive ketones (excluding diaryl/α,β-unsaturated/α-hetero) is 1. The smallest absolute Gasteiger partial charge is 0.235 e. The molecule has 1 aromatic carbocycles. The van der Waals surface area contributed by atoms with E-state index in [1.807, 2.05) is 6.07 Å². The van der Waals surface area contributed by atoms with Crippen molar-refractivity contribution in [3.05, 3.63) is 29.8 Å². The molecule has 18 heavy (non-hydrogen) atoms. The van der Waals surface area contributed by atoms with Gasteiger partial charge in [0.15, 0.2) is 12.1 Å². The number of hydrogen-bond acceptors (Lipinski definition) is 5. The summed E-state index contributed by atoms with van der Waals surface area (Å²) in [6, 6.07) is 6.74. The maximum Gasteiger partial charge on any atom is 0.235 e. The van der Waals surface area contributed by atoms with Crippen LogP contribution in [0.5, 0.6) is 5.75 Å². The van der Waals surface area contributed by atoms with Gasteiger partial charge in [0, 0.05) is 6.04 Å². The lowest BCUT2D eigenvalue weighted by Crippen LogP contribution is -2.51. The highest BCUT2D eigenvalue weighted by Crippen LogP contribution is 2.19. The Morgan fingerprint density at radius 2 is 2.44 bits per heavy atom. The number of phenolic OH excluding ortho intramolecular Hbond substituents is 1. The molecule has 0 radical (unpaired) electrons. The molecule has 1 saturated heterocycles. The maximum absolute atomic E-state index is 11.4. The van der Waals surface area contributed by atoms with Crippen LogP contribution in [0.1, 0.15) is 12.5 Å². The Morgan fingerprint density at radius 3 is 3.00 bits per heavy atom. The first kappa shape index (κ1) is 12.7. The molecule has 2 atom stereocenters. The van der Waals surface area contributed by atoms with Gasteiger partial charge < -0.3 is 9.84 Å². The molecule has 1 aliphatic heterocycles. The summed E-state index contributed by atoms with van der Waals surface area (Å²) in [6.07, 6.45) is 1.08. The summed E-state index contributed by atoms with van der Waals surface area (Å²) in [5.74, 6) is -0.157. The van der Waals surface area contributed by atoms with E-state index in [9.17, 15) is 14.7 Å². The Labute approximate surface area is 105 Å². The standard InChI is InChI=1S/C13H15NO4/c1-9(16)13(8-15)14-11(7-18-13)5-10-3-2-4-12(17)6-10/h2-4,6,8,11,14,17H,5,7H2,1H3. The lowest BCUT2D eigenvalue weighted by Gasteiger charge is -2.19. The summed E-state index contributed by atoms with van der Waals surface area (Å²) in [5, 5.41) is 12.3. The summed E-state index contributed by atoms with van der Waals surface area (Å²) < 4.78 is 5.28. The molecule has 0 bridgehead atoms. The number of aldehydes is 1. The number of carbonyl (C=O) groups excluding carboxylic acids is 2. The van der Waals surface area contributed by atoms with Crippen LogP contribution in [0.3, 0.4) is 0 Å². The zero-order valence-corrected chi connectivity index (χ0v) is 10.1. The Morgan fingerprint density at radius 1 is 1.67 bits per heavy atom. The normalized spacial score (nSPS) is 27.1. The van der Waals surface area contributed by atoms with Crippen LogP contribution in [0.2, 0.25) is 0 Å². The molecule has 2 N–H and O–H groups in total. The minimum atomic E-state index is -1.50. The lowest BCUT2D eigenvalue weighted by molar-refractivity contribution is -0.145. The Kier molecular flexibility index (Phi) is 3.45. The molecule has 0 amide bonds. The third-order valence-corrected chi connectivity index (χ3v) is 3.01. The van der Waals surface area contributed by atoms with Gasteiger partial charge >= 0.3 is 0 Å². The van der Waals surface area contributed by atoms with Gasteiger partial charge in [0.25, 0.3) is 0 Å². The zero-order valence-electron chi connectivity index (χ0n) is 10.1. The fourth-order valence-corrected chi connectivity index (χ4v) is 2.05. The second-order valence-electron chi connectivity index (χ2n) is 4.44. The first-order chi connectivity index (χ1) is 8.55. The predicted molar refractivity (Wildman–Crippen MR) is 64.2 cm³/mol. The van der Waals surface area contributed by atoms with Gasteiger partial charge in [-0.05, 0) is 31.0 Å². The number of ether oxygens (including phenoxy) is 1. The van der Waals surface area contributed by atoms with E-state index in [1.54, 1.807) is 18.2 Å². The van der Waals surface area contributed by atoms with E-state index in [4.69, 9.17) is 4.74 Å². The van der Waals surface area contributed by atoms with E-state index in [1.165, 1.54) is 6.92 Å². The van der Waals surface area contributed by atoms with Crippen LogP contribution in [0, 0.1) is 0 Å². The van der Waals surface area contributed by atoms with Gasteiger partial charge in [-0.25, -0.2) is 0 Å². The number of phenols is 1. The fraction of sp³-hybridized carbons (Fsp3) is 0.385. The van der Waals surface area contributed by atoms with Crippen molar-refractivity contribution >= 4 is 12.1 Å². The molecule has 1 aliphatic rings. The van der Waals surface area contributed by atoms with Gasteiger partial charge in [-0.15, -0.1) is 0 Å². The van der Waals surface area contributed by atoms with Crippen molar-refractivity contribution in [1.82, 2.24) is 5.32 Å². The minimum Gasteiger partial charge on any atom is -0.508 e. The summed E-state index contributed by atoms with van der Waals surface area (Å²) in [6.45, 7) is 1.60. The third kappa shape index (κ3) is 2.42. The Balaban J connectivity index is 2.06. The number of benzene rings is 1. The third-order valence-electron chi connectivity index (χ3n) is 3.01. The van der Waals surface area contributed by atoms with Crippen LogP contribution in [0.15, 0.2) is 24.3 Å². The molecule has 0 aromatic heterocycles. The fourth-order valence-electron chi connectivity index (χ4n) is 2.05. The molecule has 96 valence electrons. The topological polar surface area (TPSA) is 75.6 Å². The summed E-state index contributed by atoms with van der Waals surface area (Å²) in [7, 11) is 0. The lowest BCUT2D eigenvalue weighted by atomic mass is 10.1. The van der Waals surface area contributed by atoms with Crippen molar-refractivity contribution in [3.63, 3.8) is 0 Å². The second kappa shape index (κ2) is 4.88. The second-order valence-corrected chi connectivity index (χ2v) is 4.44. The van der Waals surface area contributed by atoms with Crippen LogP contribution in [-0.4, -0.2) is 35.5 Å². The van der Waals surface area contributed by atoms with Gasteiger partial charge in [-0.1, -0.05) is 12.1 Å². The molecule has 0 saturated carbocycles. The van der Waals surface area contributed by atoms with Crippen LogP contribution in [-0.2, 0) is 20.7 Å². The molecule has 5 nitrogen and oxygen atoms in total. The highest BCUT2D eigenvalue weighted by atomic mass is 16.5. The van der Waals surface area contributed by atoms with E-state index in [0.717, 1.165) is 5.56 Å². The van der Waals surface area contributed by atoms with Gasteiger partial charge in [0.2, 0.25) is 5.72 Å². The van der Waals surface area contributed by atoms with Gasteiger partial charge in [-0.2, -0.15) is 0 Å². The maximum atomic E-state index is 11.4. The molecule has 1 aromatic rings. The molecular weight excluding hydrogens is 234 g/mol. The highest BCUT2D eigenvalue weighted by Gasteiger charge is 2.43. The van der Waals surface area contributed by atoms with Crippen LogP contribution >= 0.6 is 0 Å². The molecule has 0 aliphatic carbocycles. The Hall–Kier alpha value is -1.72. The molecule has 1 fully saturated rings. The average molecular weight is 249 g/mol. The van der Waals surface area contributed by atoms with Gasteiger partial charge in [0.05, 0.1) is 6.61 Å². The average Bonchev–Trinajstić information content (AvgIpc) is 2.74. The molecule has 2 rings (SSSR count). The van der Waals surface area contributed by atoms with Crippen LogP contribution < -0.4 is 5.32 Å². The first-order valence-electron chi connectivity index (χ1n) is 5.72. The quantitative estimate of drug-likeness (QED) is 0.597. The molecule has 0 spiro atoms. The van der Waals surface area contributed by atoms with Crippen molar-refractivity contribution in [2.45, 2.75) is 25.1 Å². The minimum absolute atomic E-state index is 0.124. The van der Waals surface area contributed by atoms with Crippen molar-refractivity contribution in [1.29, 1.82) is 0 Å². The predicted octanol–water partition coefficient (Wildman–Crippen LogP) is 0.407.